The Morgan fingerprint density at radius 2 is 2.19 bits per heavy atom. The third kappa shape index (κ3) is 1.61. The minimum Gasteiger partial charge on any atom is -0.505 e. The van der Waals surface area contributed by atoms with Gasteiger partial charge in [-0.2, -0.15) is 0 Å². The van der Waals surface area contributed by atoms with E-state index in [0.717, 1.165) is 5.39 Å². The lowest BCUT2D eigenvalue weighted by atomic mass is 10.1. The number of aromatic nitrogens is 1. The van der Waals surface area contributed by atoms with Crippen molar-refractivity contribution in [3.8, 4) is 5.75 Å². The molecule has 0 saturated carbocycles. The molecule has 1 amide bonds. The highest BCUT2D eigenvalue weighted by molar-refractivity contribution is 5.91. The van der Waals surface area contributed by atoms with Crippen LogP contribution in [0.25, 0.3) is 16.5 Å². The number of aromatic hydroxyl groups is 1. The van der Waals surface area contributed by atoms with Crippen molar-refractivity contribution in [3.05, 3.63) is 42.7 Å². The molecule has 16 heavy (non-hydrogen) atoms. The van der Waals surface area contributed by atoms with E-state index in [0.29, 0.717) is 11.8 Å². The van der Waals surface area contributed by atoms with Gasteiger partial charge in [0.1, 0.15) is 5.69 Å². The predicted molar refractivity (Wildman–Crippen MR) is 61.6 cm³/mol. The van der Waals surface area contributed by atoms with E-state index in [9.17, 15) is 9.90 Å². The molecule has 1 aromatic carbocycles. The molecule has 0 radical (unpaired) electrons. The molecule has 0 bridgehead atoms. The summed E-state index contributed by atoms with van der Waals surface area (Å²) in [6.45, 7) is 3.62. The first-order chi connectivity index (χ1) is 7.74. The third-order valence-corrected chi connectivity index (χ3v) is 2.29. The van der Waals surface area contributed by atoms with Gasteiger partial charge < -0.3 is 10.4 Å². The fraction of sp³-hybridized carbons (Fsp3) is 0. The van der Waals surface area contributed by atoms with Crippen LogP contribution in [0.2, 0.25) is 0 Å². The van der Waals surface area contributed by atoms with Crippen molar-refractivity contribution in [1.29, 1.82) is 0 Å². The molecule has 0 unspecified atom stereocenters. The highest BCUT2D eigenvalue weighted by Gasteiger charge is 2.09. The van der Waals surface area contributed by atoms with E-state index >= 15 is 0 Å². The van der Waals surface area contributed by atoms with Gasteiger partial charge in [-0.25, -0.2) is 0 Å². The van der Waals surface area contributed by atoms with Crippen molar-refractivity contribution in [2.24, 2.45) is 0 Å². The molecule has 2 aromatic rings. The van der Waals surface area contributed by atoms with E-state index in [4.69, 9.17) is 0 Å². The summed E-state index contributed by atoms with van der Waals surface area (Å²) in [6, 6.07) is 7.31. The van der Waals surface area contributed by atoms with Crippen molar-refractivity contribution in [3.63, 3.8) is 0 Å². The number of nitrogens with zero attached hydrogens (tertiary/aromatic N) is 1. The molecule has 0 aliphatic carbocycles. The number of rotatable bonds is 3. The van der Waals surface area contributed by atoms with E-state index < -0.39 is 0 Å². The maximum Gasteiger partial charge on any atom is 0.211 e. The molecule has 1 aromatic heterocycles. The number of fused-ring (bicyclic) bond motifs is 1. The summed E-state index contributed by atoms with van der Waals surface area (Å²) in [7, 11) is 0. The average Bonchev–Trinajstić information content (AvgIpc) is 2.30. The van der Waals surface area contributed by atoms with E-state index in [1.165, 1.54) is 0 Å². The zero-order valence-corrected chi connectivity index (χ0v) is 8.47. The van der Waals surface area contributed by atoms with E-state index in [1.54, 1.807) is 12.3 Å². The van der Waals surface area contributed by atoms with E-state index in [2.05, 4.69) is 16.9 Å². The number of amides is 1. The SMILES string of the molecule is C=C(NC=O)c1ncc2ccccc2c1O. The van der Waals surface area contributed by atoms with Crippen molar-refractivity contribution in [2.45, 2.75) is 0 Å². The summed E-state index contributed by atoms with van der Waals surface area (Å²) in [5.74, 6) is 0.0254. The maximum absolute atomic E-state index is 10.3. The third-order valence-electron chi connectivity index (χ3n) is 2.29. The van der Waals surface area contributed by atoms with Crippen LogP contribution in [0.1, 0.15) is 5.69 Å². The number of nitrogens with one attached hydrogen (secondary N) is 1. The standard InChI is InChI=1S/C12H10N2O2/c1-8(14-7-15)11-12(16)10-5-3-2-4-9(10)6-13-11/h2-7,16H,1H2,(H,14,15). The Kier molecular flexibility index (Phi) is 2.55. The molecule has 4 heteroatoms. The second-order valence-corrected chi connectivity index (χ2v) is 3.28. The highest BCUT2D eigenvalue weighted by Crippen LogP contribution is 2.29. The maximum atomic E-state index is 10.3. The molecule has 2 rings (SSSR count). The molecule has 0 saturated heterocycles. The van der Waals surface area contributed by atoms with Gasteiger partial charge in [0.05, 0.1) is 5.70 Å². The Morgan fingerprint density at radius 3 is 2.94 bits per heavy atom. The number of hydrogen-bond acceptors (Lipinski definition) is 3. The molecule has 0 atom stereocenters. The number of pyridine rings is 1. The second-order valence-electron chi connectivity index (χ2n) is 3.28. The lowest BCUT2D eigenvalue weighted by Gasteiger charge is -2.08. The van der Waals surface area contributed by atoms with E-state index in [-0.39, 0.29) is 17.1 Å². The minimum atomic E-state index is 0.0254. The van der Waals surface area contributed by atoms with Crippen LogP contribution in [0, 0.1) is 0 Å². The monoisotopic (exact) mass is 214 g/mol. The molecule has 1 heterocycles. The molecule has 80 valence electrons. The van der Waals surface area contributed by atoms with Crippen LogP contribution in [0.5, 0.6) is 5.75 Å². The van der Waals surface area contributed by atoms with E-state index in [1.807, 2.05) is 18.2 Å². The highest BCUT2D eigenvalue weighted by atomic mass is 16.3. The van der Waals surface area contributed by atoms with Crippen molar-refractivity contribution in [1.82, 2.24) is 10.3 Å². The normalized spacial score (nSPS) is 10.0. The largest absolute Gasteiger partial charge is 0.505 e. The minimum absolute atomic E-state index is 0.0254. The van der Waals surface area contributed by atoms with Gasteiger partial charge in [0, 0.05) is 17.0 Å². The summed E-state index contributed by atoms with van der Waals surface area (Å²) in [6.07, 6.45) is 2.13. The van der Waals surface area contributed by atoms with Gasteiger partial charge >= 0.3 is 0 Å². The summed E-state index contributed by atoms with van der Waals surface area (Å²) >= 11 is 0. The Hall–Kier alpha value is -2.36. The number of carbonyl (C=O) groups excluding carboxylic acids is 1. The Morgan fingerprint density at radius 1 is 1.44 bits per heavy atom. The van der Waals surface area contributed by atoms with Gasteiger partial charge in [-0.3, -0.25) is 9.78 Å². The van der Waals surface area contributed by atoms with Crippen LogP contribution in [0.3, 0.4) is 0 Å². The molecule has 4 nitrogen and oxygen atoms in total. The first-order valence-corrected chi connectivity index (χ1v) is 4.70. The number of hydrogen-bond donors (Lipinski definition) is 2. The van der Waals surface area contributed by atoms with Crippen molar-refractivity contribution in [2.75, 3.05) is 0 Å². The molecule has 2 N–H and O–H groups in total. The Bertz CT molecular complexity index is 564. The summed E-state index contributed by atoms with van der Waals surface area (Å²) in [5.41, 5.74) is 0.559. The average molecular weight is 214 g/mol. The smallest absolute Gasteiger partial charge is 0.211 e. The van der Waals surface area contributed by atoms with Gasteiger partial charge in [0.2, 0.25) is 6.41 Å². The number of carbonyl (C=O) groups is 1. The predicted octanol–water partition coefficient (Wildman–Crippen LogP) is 1.66. The quantitative estimate of drug-likeness (QED) is 0.764. The first kappa shape index (κ1) is 10.2. The van der Waals surface area contributed by atoms with Gasteiger partial charge in [-0.15, -0.1) is 0 Å². The Balaban J connectivity index is 2.60. The van der Waals surface area contributed by atoms with Gasteiger partial charge in [-0.1, -0.05) is 30.8 Å². The molecule has 0 fully saturated rings. The molecule has 0 spiro atoms. The second kappa shape index (κ2) is 4.02. The van der Waals surface area contributed by atoms with Gasteiger partial charge in [0.15, 0.2) is 5.75 Å². The molecular weight excluding hydrogens is 204 g/mol. The summed E-state index contributed by atoms with van der Waals surface area (Å²) in [5, 5.41) is 13.9. The molecule has 0 aliphatic rings. The molecule has 0 aliphatic heterocycles. The fourth-order valence-electron chi connectivity index (χ4n) is 1.51. The first-order valence-electron chi connectivity index (χ1n) is 4.70. The fourth-order valence-corrected chi connectivity index (χ4v) is 1.51. The topological polar surface area (TPSA) is 62.2 Å². The van der Waals surface area contributed by atoms with Gasteiger partial charge in [0.25, 0.3) is 0 Å². The van der Waals surface area contributed by atoms with Crippen LogP contribution >= 0.6 is 0 Å². The zero-order valence-electron chi connectivity index (χ0n) is 8.47. The molecular formula is C12H10N2O2. The van der Waals surface area contributed by atoms with Gasteiger partial charge in [-0.05, 0) is 0 Å². The van der Waals surface area contributed by atoms with Crippen LogP contribution in [0.4, 0.5) is 0 Å². The van der Waals surface area contributed by atoms with Crippen LogP contribution in [-0.4, -0.2) is 16.5 Å². The lowest BCUT2D eigenvalue weighted by Crippen LogP contribution is -2.09. The summed E-state index contributed by atoms with van der Waals surface area (Å²) < 4.78 is 0. The van der Waals surface area contributed by atoms with Crippen LogP contribution < -0.4 is 5.32 Å². The van der Waals surface area contributed by atoms with Crippen LogP contribution in [-0.2, 0) is 4.79 Å². The zero-order chi connectivity index (χ0) is 11.5. The number of benzene rings is 1. The summed E-state index contributed by atoms with van der Waals surface area (Å²) in [4.78, 5) is 14.3. The van der Waals surface area contributed by atoms with Crippen LogP contribution in [0.15, 0.2) is 37.0 Å². The Labute approximate surface area is 92.2 Å². The van der Waals surface area contributed by atoms with Crippen molar-refractivity contribution < 1.29 is 9.90 Å². The lowest BCUT2D eigenvalue weighted by molar-refractivity contribution is -0.108. The van der Waals surface area contributed by atoms with Crippen molar-refractivity contribution >= 4 is 22.9 Å².